The molecule has 0 atom stereocenters. The van der Waals surface area contributed by atoms with Gasteiger partial charge in [0.2, 0.25) is 0 Å². The zero-order valence-corrected chi connectivity index (χ0v) is 8.95. The molecule has 0 aliphatic carbocycles. The molecular weight excluding hydrogens is 244 g/mol. The first kappa shape index (κ1) is 12.4. The van der Waals surface area contributed by atoms with E-state index in [1.165, 1.54) is 18.2 Å². The van der Waals surface area contributed by atoms with Gasteiger partial charge in [-0.05, 0) is 12.1 Å². The van der Waals surface area contributed by atoms with Crippen LogP contribution in [0.25, 0.3) is 11.3 Å². The summed E-state index contributed by atoms with van der Waals surface area (Å²) in [5, 5.41) is 5.81. The molecule has 1 aromatic heterocycles. The molecule has 1 aromatic carbocycles. The molecule has 0 aliphatic heterocycles. The third kappa shape index (κ3) is 2.44. The van der Waals surface area contributed by atoms with Crippen LogP contribution in [0, 0.1) is 0 Å². The van der Waals surface area contributed by atoms with Gasteiger partial charge in [-0.15, -0.1) is 0 Å². The van der Waals surface area contributed by atoms with E-state index >= 15 is 0 Å². The average molecular weight is 250 g/mol. The molecule has 0 unspecified atom stereocenters. The number of aromatic nitrogens is 2. The summed E-state index contributed by atoms with van der Waals surface area (Å²) in [6, 6.07) is 5.99. The topological polar surface area (TPSA) is 45.8 Å². The Morgan fingerprint density at radius 3 is 2.44 bits per heavy atom. The summed E-state index contributed by atoms with van der Waals surface area (Å²) in [4.78, 5) is 10.8. The molecule has 0 fully saturated rings. The largest absolute Gasteiger partial charge is 0.415 e. The van der Waals surface area contributed by atoms with Crippen molar-refractivity contribution in [1.82, 2.24) is 10.2 Å². The van der Waals surface area contributed by atoms with Gasteiger partial charge in [0, 0.05) is 17.2 Å². The van der Waals surface area contributed by atoms with Gasteiger partial charge in [0.15, 0.2) is 0 Å². The lowest BCUT2D eigenvalue weighted by Crippen LogP contribution is -2.19. The summed E-state index contributed by atoms with van der Waals surface area (Å²) >= 11 is 0. The fourth-order valence-corrected chi connectivity index (χ4v) is 1.47. The van der Waals surface area contributed by atoms with Crippen LogP contribution in [0.3, 0.4) is 0 Å². The van der Waals surface area contributed by atoms with Gasteiger partial charge < -0.3 is 0 Å². The van der Waals surface area contributed by atoms with Crippen LogP contribution in [-0.4, -0.2) is 18.0 Å². The number of aromatic amines is 1. The lowest BCUT2D eigenvalue weighted by atomic mass is 9.88. The van der Waals surface area contributed by atoms with Crippen molar-refractivity contribution in [2.75, 3.05) is 0 Å². The molecule has 0 saturated carbocycles. The van der Waals surface area contributed by atoms with E-state index in [1.807, 2.05) is 0 Å². The molecule has 0 bridgehead atoms. The number of nitrogens with one attached hydrogen (secondary N) is 1. The first-order valence-electron chi connectivity index (χ1n) is 4.91. The van der Waals surface area contributed by atoms with E-state index in [2.05, 4.69) is 10.2 Å². The van der Waals surface area contributed by atoms with Crippen LogP contribution in [0.1, 0.15) is 5.56 Å². The second kappa shape index (κ2) is 4.32. The molecule has 2 aromatic rings. The quantitative estimate of drug-likeness (QED) is 0.774. The highest BCUT2D eigenvalue weighted by Crippen LogP contribution is 2.30. The fourth-order valence-electron chi connectivity index (χ4n) is 1.47. The van der Waals surface area contributed by atoms with Crippen LogP contribution in [0.2, 0.25) is 0 Å². The summed E-state index contributed by atoms with van der Waals surface area (Å²) in [6.07, 6.45) is -4.53. The molecule has 0 spiro atoms. The first-order chi connectivity index (χ1) is 8.38. The van der Waals surface area contributed by atoms with Crippen molar-refractivity contribution >= 4 is 13.3 Å². The van der Waals surface area contributed by atoms with Crippen molar-refractivity contribution < 1.29 is 13.2 Å². The highest BCUT2D eigenvalue weighted by atomic mass is 19.4. The smallest absolute Gasteiger partial charge is 0.268 e. The highest BCUT2D eigenvalue weighted by Gasteiger charge is 2.32. The van der Waals surface area contributed by atoms with Crippen LogP contribution >= 0.6 is 0 Å². The van der Waals surface area contributed by atoms with Gasteiger partial charge >= 0.3 is 6.18 Å². The molecule has 2 radical (unpaired) electrons. The highest BCUT2D eigenvalue weighted by molar-refractivity contribution is 6.33. The minimum Gasteiger partial charge on any atom is -0.268 e. The van der Waals surface area contributed by atoms with Crippen LogP contribution in [-0.2, 0) is 6.18 Å². The van der Waals surface area contributed by atoms with Crippen LogP contribution < -0.4 is 11.0 Å². The van der Waals surface area contributed by atoms with Crippen LogP contribution in [0.4, 0.5) is 13.2 Å². The molecule has 3 nitrogen and oxygen atoms in total. The van der Waals surface area contributed by atoms with E-state index in [9.17, 15) is 18.0 Å². The van der Waals surface area contributed by atoms with E-state index in [-0.39, 0.29) is 16.7 Å². The second-order valence-electron chi connectivity index (χ2n) is 3.61. The summed E-state index contributed by atoms with van der Waals surface area (Å²) in [5.74, 6) is 0. The maximum absolute atomic E-state index is 12.7. The molecule has 0 amide bonds. The normalized spacial score (nSPS) is 11.5. The maximum Gasteiger partial charge on any atom is 0.415 e. The summed E-state index contributed by atoms with van der Waals surface area (Å²) in [5.41, 5.74) is -1.23. The number of nitrogens with zero attached hydrogens (tertiary/aromatic N) is 1. The molecule has 0 saturated heterocycles. The fraction of sp³-hybridized carbons (Fsp3) is 0.0909. The third-order valence-corrected chi connectivity index (χ3v) is 2.33. The molecule has 0 aliphatic rings. The maximum atomic E-state index is 12.7. The average Bonchev–Trinajstić information content (AvgIpc) is 2.29. The van der Waals surface area contributed by atoms with Crippen LogP contribution in [0.15, 0.2) is 35.1 Å². The van der Waals surface area contributed by atoms with Crippen molar-refractivity contribution in [3.8, 4) is 11.3 Å². The number of alkyl halides is 3. The Kier molecular flexibility index (Phi) is 2.98. The van der Waals surface area contributed by atoms with Crippen LogP contribution in [0.5, 0.6) is 0 Å². The Labute approximate surface area is 101 Å². The first-order valence-corrected chi connectivity index (χ1v) is 4.91. The van der Waals surface area contributed by atoms with Gasteiger partial charge in [-0.25, -0.2) is 5.10 Å². The minimum absolute atomic E-state index is 0.229. The van der Waals surface area contributed by atoms with Crippen molar-refractivity contribution in [3.63, 3.8) is 0 Å². The van der Waals surface area contributed by atoms with Gasteiger partial charge in [-0.1, -0.05) is 17.6 Å². The van der Waals surface area contributed by atoms with Gasteiger partial charge in [0.05, 0.1) is 5.69 Å². The van der Waals surface area contributed by atoms with E-state index in [4.69, 9.17) is 7.85 Å². The predicted molar refractivity (Wildman–Crippen MR) is 60.7 cm³/mol. The number of hydrogen-bond donors (Lipinski definition) is 1. The zero-order valence-electron chi connectivity index (χ0n) is 8.95. The van der Waals surface area contributed by atoms with Crippen molar-refractivity contribution in [1.29, 1.82) is 0 Å². The van der Waals surface area contributed by atoms with E-state index in [1.54, 1.807) is 0 Å². The van der Waals surface area contributed by atoms with Gasteiger partial charge in [0.1, 0.15) is 7.85 Å². The zero-order chi connectivity index (χ0) is 13.3. The van der Waals surface area contributed by atoms with E-state index in [0.717, 1.165) is 12.1 Å². The number of rotatable bonds is 1. The summed E-state index contributed by atoms with van der Waals surface area (Å²) < 4.78 is 38.0. The van der Waals surface area contributed by atoms with Crippen molar-refractivity contribution in [3.05, 3.63) is 46.2 Å². The Morgan fingerprint density at radius 2 is 1.89 bits per heavy atom. The number of benzene rings is 1. The SMILES string of the molecule is [B]c1ccc(-c2ccc(=O)[nH]n2)cc1C(F)(F)F. The Balaban J connectivity index is 2.54. The molecule has 7 heteroatoms. The Morgan fingerprint density at radius 1 is 1.17 bits per heavy atom. The monoisotopic (exact) mass is 250 g/mol. The predicted octanol–water partition coefficient (Wildman–Crippen LogP) is 1.25. The lowest BCUT2D eigenvalue weighted by Gasteiger charge is -2.12. The number of hydrogen-bond acceptors (Lipinski definition) is 2. The van der Waals surface area contributed by atoms with Gasteiger partial charge in [0.25, 0.3) is 5.56 Å². The Bertz CT molecular complexity index is 616. The summed E-state index contributed by atoms with van der Waals surface area (Å²) in [6.45, 7) is 0. The van der Waals surface area contributed by atoms with E-state index < -0.39 is 17.3 Å². The third-order valence-electron chi connectivity index (χ3n) is 2.33. The molecule has 18 heavy (non-hydrogen) atoms. The molecular formula is C11H6BF3N2O. The molecule has 90 valence electrons. The number of H-pyrrole nitrogens is 1. The second-order valence-corrected chi connectivity index (χ2v) is 3.61. The minimum atomic E-state index is -4.53. The van der Waals surface area contributed by atoms with Crippen molar-refractivity contribution in [2.24, 2.45) is 0 Å². The van der Waals surface area contributed by atoms with E-state index in [0.29, 0.717) is 0 Å². The number of halogens is 3. The van der Waals surface area contributed by atoms with Gasteiger partial charge in [-0.3, -0.25) is 4.79 Å². The lowest BCUT2D eigenvalue weighted by molar-refractivity contribution is -0.136. The molecule has 2 rings (SSSR count). The van der Waals surface area contributed by atoms with Gasteiger partial charge in [-0.2, -0.15) is 18.3 Å². The summed E-state index contributed by atoms with van der Waals surface area (Å²) in [7, 11) is 5.28. The van der Waals surface area contributed by atoms with Crippen molar-refractivity contribution in [2.45, 2.75) is 6.18 Å². The standard InChI is InChI=1S/C11H6BF3N2O/c12-8-2-1-6(5-7(8)11(13,14)15)9-3-4-10(18)17-16-9/h1-5H,(H,17,18). The molecule has 1 N–H and O–H groups in total. The molecule has 1 heterocycles. The Hall–Kier alpha value is -2.05.